The van der Waals surface area contributed by atoms with Crippen LogP contribution in [0.25, 0.3) is 27.5 Å². The maximum atomic E-state index is 12.9. The molecule has 0 aliphatic heterocycles. The lowest BCUT2D eigenvalue weighted by molar-refractivity contribution is -0.133. The lowest BCUT2D eigenvalue weighted by Gasteiger charge is -2.13. The number of thioether (sulfide) groups is 1. The molecular formula is C23H22N4O4S. The summed E-state index contributed by atoms with van der Waals surface area (Å²) in [5.74, 6) is -0.699. The Kier molecular flexibility index (Phi) is 6.27. The van der Waals surface area contributed by atoms with Gasteiger partial charge in [0.05, 0.1) is 34.8 Å². The first-order valence-corrected chi connectivity index (χ1v) is 11.1. The summed E-state index contributed by atoms with van der Waals surface area (Å²) in [5.41, 5.74) is 1.80. The van der Waals surface area contributed by atoms with Gasteiger partial charge in [-0.05, 0) is 30.7 Å². The third-order valence-electron chi connectivity index (χ3n) is 4.92. The van der Waals surface area contributed by atoms with Gasteiger partial charge in [0.15, 0.2) is 5.16 Å². The molecule has 164 valence electrons. The zero-order valence-electron chi connectivity index (χ0n) is 17.7. The fourth-order valence-electron chi connectivity index (χ4n) is 3.41. The van der Waals surface area contributed by atoms with E-state index < -0.39 is 5.97 Å². The largest absolute Gasteiger partial charge is 0.510 e. The molecule has 2 heterocycles. The van der Waals surface area contributed by atoms with E-state index in [0.717, 1.165) is 11.9 Å². The standard InChI is InChI=1S/C23H22N4O4S/c1-3-12-27-21(29)14-8-4-5-9-15(14)26-23(27)32-13-18(28)19(22(30)31-2)20-24-16-10-6-7-11-17(16)25-20/h4-11,28H,3,12-13H2,1-2H3,(H,24,25)/b19-18+. The minimum Gasteiger partial charge on any atom is -0.510 e. The maximum Gasteiger partial charge on any atom is 0.345 e. The Morgan fingerprint density at radius 3 is 2.56 bits per heavy atom. The number of fused-ring (bicyclic) bond motifs is 2. The molecule has 0 saturated heterocycles. The number of esters is 1. The van der Waals surface area contributed by atoms with Crippen molar-refractivity contribution in [2.75, 3.05) is 12.9 Å². The summed E-state index contributed by atoms with van der Waals surface area (Å²) in [5, 5.41) is 11.8. The molecule has 4 rings (SSSR count). The maximum absolute atomic E-state index is 12.9. The second kappa shape index (κ2) is 9.27. The highest BCUT2D eigenvalue weighted by Crippen LogP contribution is 2.25. The van der Waals surface area contributed by atoms with Gasteiger partial charge in [-0.25, -0.2) is 14.8 Å². The summed E-state index contributed by atoms with van der Waals surface area (Å²) in [4.78, 5) is 37.5. The number of imidazole rings is 1. The number of benzene rings is 2. The predicted octanol–water partition coefficient (Wildman–Crippen LogP) is 3.92. The van der Waals surface area contributed by atoms with E-state index in [1.54, 1.807) is 28.8 Å². The first kappa shape index (κ1) is 21.6. The van der Waals surface area contributed by atoms with Gasteiger partial charge in [-0.15, -0.1) is 0 Å². The van der Waals surface area contributed by atoms with Crippen LogP contribution in [0.3, 0.4) is 0 Å². The van der Waals surface area contributed by atoms with E-state index >= 15 is 0 Å². The lowest BCUT2D eigenvalue weighted by atomic mass is 10.2. The molecule has 2 aromatic carbocycles. The minimum absolute atomic E-state index is 0.00989. The molecule has 32 heavy (non-hydrogen) atoms. The van der Waals surface area contributed by atoms with Gasteiger partial charge in [0.2, 0.25) is 0 Å². The summed E-state index contributed by atoms with van der Waals surface area (Å²) < 4.78 is 6.47. The van der Waals surface area contributed by atoms with E-state index in [0.29, 0.717) is 28.1 Å². The van der Waals surface area contributed by atoms with Gasteiger partial charge in [-0.1, -0.05) is 43.0 Å². The normalized spacial score (nSPS) is 12.2. The Balaban J connectivity index is 1.73. The van der Waals surface area contributed by atoms with Crippen LogP contribution < -0.4 is 5.56 Å². The summed E-state index contributed by atoms with van der Waals surface area (Å²) in [7, 11) is 1.25. The van der Waals surface area contributed by atoms with Crippen LogP contribution in [0.1, 0.15) is 19.2 Å². The van der Waals surface area contributed by atoms with Crippen LogP contribution in [-0.2, 0) is 16.1 Å². The van der Waals surface area contributed by atoms with Crippen LogP contribution in [0.2, 0.25) is 0 Å². The van der Waals surface area contributed by atoms with Crippen molar-refractivity contribution in [3.8, 4) is 0 Å². The van der Waals surface area contributed by atoms with Crippen LogP contribution in [0.4, 0.5) is 0 Å². The fourth-order valence-corrected chi connectivity index (χ4v) is 4.31. The number of H-pyrrole nitrogens is 1. The zero-order chi connectivity index (χ0) is 22.7. The summed E-state index contributed by atoms with van der Waals surface area (Å²) in [6.45, 7) is 2.47. The van der Waals surface area contributed by atoms with E-state index in [2.05, 4.69) is 15.0 Å². The minimum atomic E-state index is -0.709. The Morgan fingerprint density at radius 1 is 1.12 bits per heavy atom. The fraction of sp³-hybridized carbons (Fsp3) is 0.217. The van der Waals surface area contributed by atoms with Gasteiger partial charge in [0.1, 0.15) is 17.2 Å². The highest BCUT2D eigenvalue weighted by molar-refractivity contribution is 7.99. The van der Waals surface area contributed by atoms with Gasteiger partial charge in [0, 0.05) is 6.54 Å². The van der Waals surface area contributed by atoms with Crippen molar-refractivity contribution in [1.82, 2.24) is 19.5 Å². The Hall–Kier alpha value is -3.59. The number of hydrogen-bond acceptors (Lipinski definition) is 7. The summed E-state index contributed by atoms with van der Waals surface area (Å²) in [6, 6.07) is 14.5. The molecule has 4 aromatic rings. The van der Waals surface area contributed by atoms with E-state index in [9.17, 15) is 14.7 Å². The van der Waals surface area contributed by atoms with Crippen molar-refractivity contribution in [3.05, 3.63) is 70.5 Å². The number of hydrogen-bond donors (Lipinski definition) is 2. The highest BCUT2D eigenvalue weighted by atomic mass is 32.2. The van der Waals surface area contributed by atoms with E-state index in [1.165, 1.54) is 18.9 Å². The molecular weight excluding hydrogens is 428 g/mol. The quantitative estimate of drug-likeness (QED) is 0.144. The van der Waals surface area contributed by atoms with Gasteiger partial charge in [-0.2, -0.15) is 0 Å². The smallest absolute Gasteiger partial charge is 0.345 e. The lowest BCUT2D eigenvalue weighted by Crippen LogP contribution is -2.23. The number of carbonyl (C=O) groups excluding carboxylic acids is 1. The number of methoxy groups -OCH3 is 1. The van der Waals surface area contributed by atoms with Crippen LogP contribution in [0, 0.1) is 0 Å². The summed E-state index contributed by atoms with van der Waals surface area (Å²) >= 11 is 1.18. The first-order valence-electron chi connectivity index (χ1n) is 10.1. The van der Waals surface area contributed by atoms with Crippen molar-refractivity contribution in [2.24, 2.45) is 0 Å². The molecule has 0 unspecified atom stereocenters. The predicted molar refractivity (Wildman–Crippen MR) is 125 cm³/mol. The number of nitrogens with one attached hydrogen (secondary N) is 1. The van der Waals surface area contributed by atoms with Crippen LogP contribution >= 0.6 is 11.8 Å². The Labute approximate surface area is 188 Å². The molecule has 0 radical (unpaired) electrons. The van der Waals surface area contributed by atoms with Crippen LogP contribution in [-0.4, -0.2) is 43.5 Å². The van der Waals surface area contributed by atoms with Crippen molar-refractivity contribution in [3.63, 3.8) is 0 Å². The number of para-hydroxylation sites is 3. The molecule has 9 heteroatoms. The average Bonchev–Trinajstić information content (AvgIpc) is 3.23. The molecule has 0 saturated carbocycles. The molecule has 8 nitrogen and oxygen atoms in total. The number of aromatic nitrogens is 4. The Morgan fingerprint density at radius 2 is 1.84 bits per heavy atom. The van der Waals surface area contributed by atoms with E-state index in [4.69, 9.17) is 4.74 Å². The highest BCUT2D eigenvalue weighted by Gasteiger charge is 2.23. The molecule has 2 N–H and O–H groups in total. The van der Waals surface area contributed by atoms with E-state index in [1.807, 2.05) is 31.2 Å². The van der Waals surface area contributed by atoms with E-state index in [-0.39, 0.29) is 28.5 Å². The van der Waals surface area contributed by atoms with Crippen molar-refractivity contribution in [1.29, 1.82) is 0 Å². The zero-order valence-corrected chi connectivity index (χ0v) is 18.5. The number of aliphatic hydroxyl groups is 1. The molecule has 0 fully saturated rings. The molecule has 0 bridgehead atoms. The van der Waals surface area contributed by atoms with Crippen LogP contribution in [0.15, 0.2) is 64.2 Å². The molecule has 2 aromatic heterocycles. The second-order valence-electron chi connectivity index (χ2n) is 7.07. The number of carbonyl (C=O) groups is 1. The third-order valence-corrected chi connectivity index (χ3v) is 5.90. The van der Waals surface area contributed by atoms with Crippen molar-refractivity contribution < 1.29 is 14.6 Å². The van der Waals surface area contributed by atoms with Gasteiger partial charge in [-0.3, -0.25) is 9.36 Å². The number of nitrogens with zero attached hydrogens (tertiary/aromatic N) is 3. The topological polar surface area (TPSA) is 110 Å². The molecule has 0 aliphatic rings. The summed E-state index contributed by atoms with van der Waals surface area (Å²) in [6.07, 6.45) is 0.752. The molecule has 0 atom stereocenters. The average molecular weight is 451 g/mol. The second-order valence-corrected chi connectivity index (χ2v) is 8.02. The third kappa shape index (κ3) is 4.11. The SMILES string of the molecule is CCCn1c(SC/C(O)=C(\C(=O)OC)c2nc3ccccc3[nH]2)nc2ccccc2c1=O. The molecule has 0 spiro atoms. The monoisotopic (exact) mass is 450 g/mol. The van der Waals surface area contributed by atoms with Gasteiger partial charge < -0.3 is 14.8 Å². The van der Waals surface area contributed by atoms with Crippen molar-refractivity contribution in [2.45, 2.75) is 25.0 Å². The van der Waals surface area contributed by atoms with Gasteiger partial charge in [0.25, 0.3) is 5.56 Å². The molecule has 0 aliphatic carbocycles. The van der Waals surface area contributed by atoms with Crippen molar-refractivity contribution >= 4 is 45.2 Å². The Bertz CT molecular complexity index is 1360. The van der Waals surface area contributed by atoms with Gasteiger partial charge >= 0.3 is 5.97 Å². The number of ether oxygens (including phenoxy) is 1. The first-order chi connectivity index (χ1) is 15.5. The number of aliphatic hydroxyl groups excluding tert-OH is 1. The van der Waals surface area contributed by atoms with Crippen LogP contribution in [0.5, 0.6) is 0 Å². The molecule has 0 amide bonds. The number of aromatic amines is 1. The number of rotatable bonds is 7.